The molecular formula is C11H13ClN2O4. The molecule has 0 radical (unpaired) electrons. The molecule has 0 heterocycles. The molecule has 3 atom stereocenters. The highest BCUT2D eigenvalue weighted by Crippen LogP contribution is 2.32. The lowest BCUT2D eigenvalue weighted by Gasteiger charge is -2.40. The third-order valence-corrected chi connectivity index (χ3v) is 3.27. The van der Waals surface area contributed by atoms with Gasteiger partial charge in [-0.25, -0.2) is 0 Å². The Balaban J connectivity index is 2.07. The zero-order valence-electron chi connectivity index (χ0n) is 9.71. The van der Waals surface area contributed by atoms with Crippen molar-refractivity contribution >= 4 is 17.3 Å². The average molecular weight is 273 g/mol. The largest absolute Gasteiger partial charge is 0.488 e. The monoisotopic (exact) mass is 272 g/mol. The van der Waals surface area contributed by atoms with Crippen molar-refractivity contribution in [1.82, 2.24) is 0 Å². The molecule has 0 bridgehead atoms. The van der Waals surface area contributed by atoms with E-state index in [-0.39, 0.29) is 29.0 Å². The van der Waals surface area contributed by atoms with E-state index >= 15 is 0 Å². The van der Waals surface area contributed by atoms with Gasteiger partial charge in [0, 0.05) is 31.7 Å². The van der Waals surface area contributed by atoms with Gasteiger partial charge in [0.15, 0.2) is 0 Å². The van der Waals surface area contributed by atoms with Crippen molar-refractivity contribution in [3.8, 4) is 5.75 Å². The standard InChI is InChI=1S/C11H13ClN2O4/c1-17-11-8(13)5-10(11)18-6-2-3-9(14(15)16)7(12)4-6/h2-4,8,10-11H,5,13H2,1H3. The second-order valence-electron chi connectivity index (χ2n) is 4.13. The summed E-state index contributed by atoms with van der Waals surface area (Å²) < 4.78 is 10.8. The summed E-state index contributed by atoms with van der Waals surface area (Å²) in [6.45, 7) is 0. The van der Waals surface area contributed by atoms with Crippen LogP contribution in [0.15, 0.2) is 18.2 Å². The van der Waals surface area contributed by atoms with Gasteiger partial charge in [0.25, 0.3) is 5.69 Å². The molecule has 18 heavy (non-hydrogen) atoms. The van der Waals surface area contributed by atoms with Gasteiger partial charge < -0.3 is 15.2 Å². The molecule has 1 aromatic rings. The molecule has 0 aromatic heterocycles. The molecule has 7 heteroatoms. The first kappa shape index (κ1) is 13.1. The molecule has 1 aliphatic rings. The van der Waals surface area contributed by atoms with Crippen LogP contribution in [0.3, 0.4) is 0 Å². The van der Waals surface area contributed by atoms with E-state index in [0.29, 0.717) is 12.2 Å². The lowest BCUT2D eigenvalue weighted by molar-refractivity contribution is -0.384. The van der Waals surface area contributed by atoms with Gasteiger partial charge in [-0.1, -0.05) is 11.6 Å². The Morgan fingerprint density at radius 2 is 2.28 bits per heavy atom. The zero-order valence-corrected chi connectivity index (χ0v) is 10.5. The molecular weight excluding hydrogens is 260 g/mol. The number of hydrogen-bond donors (Lipinski definition) is 1. The number of benzene rings is 1. The van der Waals surface area contributed by atoms with E-state index in [1.54, 1.807) is 7.11 Å². The summed E-state index contributed by atoms with van der Waals surface area (Å²) in [5.41, 5.74) is 5.61. The van der Waals surface area contributed by atoms with Crippen LogP contribution in [0, 0.1) is 10.1 Å². The fourth-order valence-electron chi connectivity index (χ4n) is 1.94. The molecule has 1 fully saturated rings. The van der Waals surface area contributed by atoms with E-state index in [0.717, 1.165) is 0 Å². The van der Waals surface area contributed by atoms with Crippen molar-refractivity contribution in [2.75, 3.05) is 7.11 Å². The molecule has 3 unspecified atom stereocenters. The summed E-state index contributed by atoms with van der Waals surface area (Å²) in [7, 11) is 1.57. The van der Waals surface area contributed by atoms with Crippen LogP contribution < -0.4 is 10.5 Å². The number of nitro benzene ring substituents is 1. The third kappa shape index (κ3) is 2.40. The van der Waals surface area contributed by atoms with Gasteiger partial charge in [0.05, 0.1) is 4.92 Å². The molecule has 1 aromatic carbocycles. The summed E-state index contributed by atoms with van der Waals surface area (Å²) in [5.74, 6) is 0.476. The Bertz CT molecular complexity index is 468. The predicted molar refractivity (Wildman–Crippen MR) is 65.9 cm³/mol. The maximum Gasteiger partial charge on any atom is 0.288 e. The minimum absolute atomic E-state index is 0.0338. The molecule has 1 aliphatic carbocycles. The van der Waals surface area contributed by atoms with Gasteiger partial charge in [-0.15, -0.1) is 0 Å². The van der Waals surface area contributed by atoms with Crippen LogP contribution in [-0.4, -0.2) is 30.3 Å². The first-order valence-electron chi connectivity index (χ1n) is 5.42. The van der Waals surface area contributed by atoms with E-state index in [2.05, 4.69) is 0 Å². The fourth-order valence-corrected chi connectivity index (χ4v) is 2.18. The van der Waals surface area contributed by atoms with Crippen LogP contribution in [0.2, 0.25) is 5.02 Å². The number of rotatable bonds is 4. The Labute approximate surface area is 109 Å². The first-order chi connectivity index (χ1) is 8.52. The van der Waals surface area contributed by atoms with Crippen molar-refractivity contribution in [2.45, 2.75) is 24.7 Å². The quantitative estimate of drug-likeness (QED) is 0.666. The van der Waals surface area contributed by atoms with Crippen LogP contribution in [0.4, 0.5) is 5.69 Å². The van der Waals surface area contributed by atoms with Crippen LogP contribution >= 0.6 is 11.6 Å². The van der Waals surface area contributed by atoms with E-state index in [1.807, 2.05) is 0 Å². The zero-order chi connectivity index (χ0) is 13.3. The van der Waals surface area contributed by atoms with Gasteiger partial charge in [0.2, 0.25) is 0 Å². The number of halogens is 1. The van der Waals surface area contributed by atoms with Crippen LogP contribution in [-0.2, 0) is 4.74 Å². The minimum atomic E-state index is -0.538. The fraction of sp³-hybridized carbons (Fsp3) is 0.455. The first-order valence-corrected chi connectivity index (χ1v) is 5.79. The Kier molecular flexibility index (Phi) is 3.70. The molecule has 0 amide bonds. The van der Waals surface area contributed by atoms with Gasteiger partial charge in [-0.3, -0.25) is 10.1 Å². The maximum atomic E-state index is 10.6. The third-order valence-electron chi connectivity index (χ3n) is 2.97. The number of nitrogens with zero attached hydrogens (tertiary/aromatic N) is 1. The number of nitro groups is 1. The lowest BCUT2D eigenvalue weighted by Crippen LogP contribution is -2.59. The number of hydrogen-bond acceptors (Lipinski definition) is 5. The normalized spacial score (nSPS) is 26.5. The topological polar surface area (TPSA) is 87.6 Å². The summed E-state index contributed by atoms with van der Waals surface area (Å²) in [4.78, 5) is 10.1. The molecule has 98 valence electrons. The highest BCUT2D eigenvalue weighted by Gasteiger charge is 2.41. The molecule has 1 saturated carbocycles. The SMILES string of the molecule is COC1C(N)CC1Oc1ccc([N+](=O)[O-])c(Cl)c1. The lowest BCUT2D eigenvalue weighted by atomic mass is 9.86. The Morgan fingerprint density at radius 1 is 1.56 bits per heavy atom. The molecule has 0 aliphatic heterocycles. The minimum Gasteiger partial charge on any atom is -0.488 e. The van der Waals surface area contributed by atoms with Crippen LogP contribution in [0.1, 0.15) is 6.42 Å². The van der Waals surface area contributed by atoms with Crippen molar-refractivity contribution in [3.05, 3.63) is 33.3 Å². The van der Waals surface area contributed by atoms with Crippen molar-refractivity contribution in [3.63, 3.8) is 0 Å². The van der Waals surface area contributed by atoms with Gasteiger partial charge in [0.1, 0.15) is 23.0 Å². The molecule has 0 spiro atoms. The van der Waals surface area contributed by atoms with E-state index in [9.17, 15) is 10.1 Å². The number of ether oxygens (including phenoxy) is 2. The second-order valence-corrected chi connectivity index (χ2v) is 4.53. The summed E-state index contributed by atoms with van der Waals surface area (Å²) in [5, 5.41) is 10.7. The predicted octanol–water partition coefficient (Wildman–Crippen LogP) is 1.74. The molecule has 2 rings (SSSR count). The molecule has 2 N–H and O–H groups in total. The van der Waals surface area contributed by atoms with Gasteiger partial charge in [-0.2, -0.15) is 0 Å². The smallest absolute Gasteiger partial charge is 0.288 e. The van der Waals surface area contributed by atoms with E-state index < -0.39 is 4.92 Å². The molecule has 6 nitrogen and oxygen atoms in total. The summed E-state index contributed by atoms with van der Waals surface area (Å²) in [6.07, 6.45) is 0.397. The van der Waals surface area contributed by atoms with Gasteiger partial charge >= 0.3 is 0 Å². The summed E-state index contributed by atoms with van der Waals surface area (Å²) >= 11 is 5.79. The highest BCUT2D eigenvalue weighted by molar-refractivity contribution is 6.32. The molecule has 0 saturated heterocycles. The summed E-state index contributed by atoms with van der Waals surface area (Å²) in [6, 6.07) is 4.23. The number of methoxy groups -OCH3 is 1. The average Bonchev–Trinajstić information content (AvgIpc) is 2.28. The Hall–Kier alpha value is -1.37. The van der Waals surface area contributed by atoms with Crippen LogP contribution in [0.25, 0.3) is 0 Å². The maximum absolute atomic E-state index is 10.6. The second kappa shape index (κ2) is 5.09. The Morgan fingerprint density at radius 3 is 2.78 bits per heavy atom. The van der Waals surface area contributed by atoms with Crippen molar-refractivity contribution < 1.29 is 14.4 Å². The van der Waals surface area contributed by atoms with Crippen molar-refractivity contribution in [2.24, 2.45) is 5.73 Å². The van der Waals surface area contributed by atoms with Crippen LogP contribution in [0.5, 0.6) is 5.75 Å². The van der Waals surface area contributed by atoms with E-state index in [4.69, 9.17) is 26.8 Å². The number of nitrogens with two attached hydrogens (primary N) is 1. The van der Waals surface area contributed by atoms with Crippen molar-refractivity contribution in [1.29, 1.82) is 0 Å². The van der Waals surface area contributed by atoms with Gasteiger partial charge in [-0.05, 0) is 6.07 Å². The highest BCUT2D eigenvalue weighted by atomic mass is 35.5. The van der Waals surface area contributed by atoms with E-state index in [1.165, 1.54) is 18.2 Å².